The average molecular weight is 171 g/mol. The van der Waals surface area contributed by atoms with E-state index in [4.69, 9.17) is 0 Å². The summed E-state index contributed by atoms with van der Waals surface area (Å²) in [5, 5.41) is 1.71. The third-order valence-electron chi connectivity index (χ3n) is 1.54. The maximum atomic E-state index is 11.1. The van der Waals surface area contributed by atoms with Crippen molar-refractivity contribution in [2.24, 2.45) is 0 Å². The zero-order chi connectivity index (χ0) is 8.97. The molecule has 2 N–H and O–H groups in total. The Bertz CT molecular complexity index is 203. The standard InChI is InChI=1S/C7H13N3O2/c1-3-4-10-6(5-8-9-10)7(11)12-2/h5,8-9H,3-4H2,1-2H3. The molecule has 0 aromatic heterocycles. The van der Waals surface area contributed by atoms with E-state index in [1.165, 1.54) is 7.11 Å². The number of rotatable bonds is 3. The summed E-state index contributed by atoms with van der Waals surface area (Å²) in [6, 6.07) is 0. The number of hydrazine groups is 2. The molecule has 0 saturated heterocycles. The Morgan fingerprint density at radius 3 is 3.08 bits per heavy atom. The maximum Gasteiger partial charge on any atom is 0.357 e. The highest BCUT2D eigenvalue weighted by Gasteiger charge is 2.20. The molecule has 0 radical (unpaired) electrons. The van der Waals surface area contributed by atoms with Crippen molar-refractivity contribution in [3.8, 4) is 0 Å². The van der Waals surface area contributed by atoms with Crippen molar-refractivity contribution < 1.29 is 9.53 Å². The summed E-state index contributed by atoms with van der Waals surface area (Å²) in [5.41, 5.74) is 6.06. The summed E-state index contributed by atoms with van der Waals surface area (Å²) >= 11 is 0. The molecule has 0 amide bonds. The van der Waals surface area contributed by atoms with Crippen molar-refractivity contribution in [2.75, 3.05) is 13.7 Å². The topological polar surface area (TPSA) is 53.6 Å². The van der Waals surface area contributed by atoms with Gasteiger partial charge in [-0.1, -0.05) is 6.92 Å². The normalized spacial score (nSPS) is 15.5. The van der Waals surface area contributed by atoms with Gasteiger partial charge in [-0.25, -0.2) is 4.79 Å². The van der Waals surface area contributed by atoms with Crippen LogP contribution in [0.25, 0.3) is 0 Å². The molecule has 0 atom stereocenters. The number of hydrogen-bond donors (Lipinski definition) is 2. The van der Waals surface area contributed by atoms with Crippen molar-refractivity contribution in [1.82, 2.24) is 16.0 Å². The lowest BCUT2D eigenvalue weighted by atomic mass is 10.4. The van der Waals surface area contributed by atoms with E-state index in [1.54, 1.807) is 11.2 Å². The van der Waals surface area contributed by atoms with Crippen LogP contribution in [0.2, 0.25) is 0 Å². The second kappa shape index (κ2) is 3.96. The smallest absolute Gasteiger partial charge is 0.357 e. The van der Waals surface area contributed by atoms with Crippen LogP contribution in [0.4, 0.5) is 0 Å². The fourth-order valence-electron chi connectivity index (χ4n) is 0.990. The van der Waals surface area contributed by atoms with Crippen LogP contribution in [-0.2, 0) is 9.53 Å². The molecular formula is C7H13N3O2. The molecule has 0 unspecified atom stereocenters. The van der Waals surface area contributed by atoms with Gasteiger partial charge in [0.25, 0.3) is 0 Å². The first-order chi connectivity index (χ1) is 5.79. The van der Waals surface area contributed by atoms with Crippen molar-refractivity contribution in [3.63, 3.8) is 0 Å². The first-order valence-corrected chi connectivity index (χ1v) is 3.86. The van der Waals surface area contributed by atoms with Gasteiger partial charge in [-0.3, -0.25) is 5.01 Å². The number of methoxy groups -OCH3 is 1. The number of esters is 1. The Balaban J connectivity index is 2.56. The van der Waals surface area contributed by atoms with E-state index in [1.807, 2.05) is 6.92 Å². The number of nitrogens with zero attached hydrogens (tertiary/aromatic N) is 1. The molecule has 5 heteroatoms. The van der Waals surface area contributed by atoms with Gasteiger partial charge >= 0.3 is 5.97 Å². The van der Waals surface area contributed by atoms with Crippen molar-refractivity contribution in [1.29, 1.82) is 0 Å². The predicted molar refractivity (Wildman–Crippen MR) is 43.4 cm³/mol. The fourth-order valence-corrected chi connectivity index (χ4v) is 0.990. The molecule has 1 aliphatic rings. The number of nitrogens with one attached hydrogen (secondary N) is 2. The van der Waals surface area contributed by atoms with Gasteiger partial charge in [0.05, 0.1) is 7.11 Å². The molecule has 1 heterocycles. The first-order valence-electron chi connectivity index (χ1n) is 3.86. The molecule has 0 bridgehead atoms. The van der Waals surface area contributed by atoms with E-state index in [9.17, 15) is 4.79 Å². The third kappa shape index (κ3) is 1.68. The lowest BCUT2D eigenvalue weighted by Gasteiger charge is -2.18. The van der Waals surface area contributed by atoms with Crippen molar-refractivity contribution >= 4 is 5.97 Å². The molecule has 68 valence electrons. The minimum atomic E-state index is -0.332. The zero-order valence-corrected chi connectivity index (χ0v) is 7.26. The van der Waals surface area contributed by atoms with Crippen LogP contribution in [0, 0.1) is 0 Å². The van der Waals surface area contributed by atoms with Crippen molar-refractivity contribution in [2.45, 2.75) is 13.3 Å². The molecular weight excluding hydrogens is 158 g/mol. The molecule has 1 aliphatic heterocycles. The number of hydrogen-bond acceptors (Lipinski definition) is 5. The molecule has 0 aromatic carbocycles. The Kier molecular flexibility index (Phi) is 2.93. The van der Waals surface area contributed by atoms with Crippen LogP contribution in [0.5, 0.6) is 0 Å². The van der Waals surface area contributed by atoms with Crippen LogP contribution < -0.4 is 11.0 Å². The molecule has 5 nitrogen and oxygen atoms in total. The second-order valence-electron chi connectivity index (χ2n) is 2.43. The number of carbonyl (C=O) groups excluding carboxylic acids is 1. The summed E-state index contributed by atoms with van der Waals surface area (Å²) in [6.07, 6.45) is 2.55. The molecule has 0 aromatic rings. The SMILES string of the molecule is CCCN1NNC=C1C(=O)OC. The Labute approximate surface area is 71.3 Å². The Hall–Kier alpha value is -1.23. The van der Waals surface area contributed by atoms with Crippen LogP contribution in [0.3, 0.4) is 0 Å². The van der Waals surface area contributed by atoms with E-state index in [2.05, 4.69) is 15.7 Å². The summed E-state index contributed by atoms with van der Waals surface area (Å²) in [5.74, 6) is -0.332. The van der Waals surface area contributed by atoms with E-state index in [-0.39, 0.29) is 5.97 Å². The van der Waals surface area contributed by atoms with Gasteiger partial charge < -0.3 is 10.2 Å². The van der Waals surface area contributed by atoms with E-state index >= 15 is 0 Å². The maximum absolute atomic E-state index is 11.1. The fraction of sp³-hybridized carbons (Fsp3) is 0.571. The molecule has 0 spiro atoms. The summed E-state index contributed by atoms with van der Waals surface area (Å²) in [6.45, 7) is 2.81. The van der Waals surface area contributed by atoms with Gasteiger partial charge in [0.1, 0.15) is 0 Å². The highest BCUT2D eigenvalue weighted by Crippen LogP contribution is 2.06. The van der Waals surface area contributed by atoms with Crippen molar-refractivity contribution in [3.05, 3.63) is 11.9 Å². The third-order valence-corrected chi connectivity index (χ3v) is 1.54. The van der Waals surface area contributed by atoms with Gasteiger partial charge in [-0.15, -0.1) is 5.53 Å². The summed E-state index contributed by atoms with van der Waals surface area (Å²) < 4.78 is 4.58. The van der Waals surface area contributed by atoms with Crippen LogP contribution in [0.15, 0.2) is 11.9 Å². The van der Waals surface area contributed by atoms with Gasteiger partial charge in [0.2, 0.25) is 0 Å². The minimum absolute atomic E-state index is 0.332. The molecule has 0 fully saturated rings. The van der Waals surface area contributed by atoms with Crippen LogP contribution in [-0.4, -0.2) is 24.6 Å². The average Bonchev–Trinajstić information content (AvgIpc) is 2.52. The molecule has 0 aliphatic carbocycles. The molecule has 0 saturated carbocycles. The predicted octanol–water partition coefficient (Wildman–Crippen LogP) is -0.264. The van der Waals surface area contributed by atoms with Gasteiger partial charge in [0.15, 0.2) is 5.70 Å². The summed E-state index contributed by atoms with van der Waals surface area (Å²) in [7, 11) is 1.37. The highest BCUT2D eigenvalue weighted by atomic mass is 16.5. The largest absolute Gasteiger partial charge is 0.464 e. The lowest BCUT2D eigenvalue weighted by Crippen LogP contribution is -2.39. The van der Waals surface area contributed by atoms with E-state index < -0.39 is 0 Å². The summed E-state index contributed by atoms with van der Waals surface area (Å²) in [4.78, 5) is 11.1. The minimum Gasteiger partial charge on any atom is -0.464 e. The number of ether oxygens (including phenoxy) is 1. The van der Waals surface area contributed by atoms with Gasteiger partial charge in [-0.05, 0) is 6.42 Å². The number of carbonyl (C=O) groups is 1. The second-order valence-corrected chi connectivity index (χ2v) is 2.43. The first kappa shape index (κ1) is 8.86. The van der Waals surface area contributed by atoms with E-state index in [0.717, 1.165) is 13.0 Å². The zero-order valence-electron chi connectivity index (χ0n) is 7.26. The Morgan fingerprint density at radius 2 is 2.50 bits per heavy atom. The quantitative estimate of drug-likeness (QED) is 0.573. The monoisotopic (exact) mass is 171 g/mol. The van der Waals surface area contributed by atoms with Gasteiger partial charge in [-0.2, -0.15) is 0 Å². The van der Waals surface area contributed by atoms with E-state index in [0.29, 0.717) is 5.70 Å². The molecule has 12 heavy (non-hydrogen) atoms. The molecule has 1 rings (SSSR count). The van der Waals surface area contributed by atoms with Gasteiger partial charge in [0, 0.05) is 12.7 Å². The Morgan fingerprint density at radius 1 is 1.75 bits per heavy atom. The van der Waals surface area contributed by atoms with Crippen LogP contribution >= 0.6 is 0 Å². The lowest BCUT2D eigenvalue weighted by molar-refractivity contribution is -0.138. The highest BCUT2D eigenvalue weighted by molar-refractivity contribution is 5.87. The van der Waals surface area contributed by atoms with Crippen LogP contribution in [0.1, 0.15) is 13.3 Å².